The molecule has 2 aromatic rings. The van der Waals surface area contributed by atoms with Crippen LogP contribution in [0.3, 0.4) is 0 Å². The Balaban J connectivity index is 1.78. The van der Waals surface area contributed by atoms with Crippen LogP contribution in [0, 0.1) is 5.92 Å². The van der Waals surface area contributed by atoms with Crippen LogP contribution < -0.4 is 15.8 Å². The molecule has 0 spiro atoms. The van der Waals surface area contributed by atoms with Crippen molar-refractivity contribution >= 4 is 17.3 Å². The molecule has 4 nitrogen and oxygen atoms in total. The van der Waals surface area contributed by atoms with E-state index in [9.17, 15) is 4.79 Å². The smallest absolute Gasteiger partial charge is 0.224 e. The van der Waals surface area contributed by atoms with E-state index in [1.807, 2.05) is 48.5 Å². The number of rotatable bonds is 8. The summed E-state index contributed by atoms with van der Waals surface area (Å²) >= 11 is 0. The second-order valence-corrected chi connectivity index (χ2v) is 6.30. The summed E-state index contributed by atoms with van der Waals surface area (Å²) in [6.45, 7) is 5.05. The van der Waals surface area contributed by atoms with E-state index >= 15 is 0 Å². The fourth-order valence-corrected chi connectivity index (χ4v) is 2.28. The van der Waals surface area contributed by atoms with Crippen molar-refractivity contribution in [3.8, 4) is 5.75 Å². The zero-order valence-corrected chi connectivity index (χ0v) is 14.4. The second-order valence-electron chi connectivity index (χ2n) is 6.30. The number of ether oxygens (including phenoxy) is 1. The summed E-state index contributed by atoms with van der Waals surface area (Å²) in [7, 11) is 0. The molecule has 0 aromatic heterocycles. The number of para-hydroxylation sites is 1. The molecule has 128 valence electrons. The van der Waals surface area contributed by atoms with E-state index in [1.54, 1.807) is 0 Å². The number of aryl methyl sites for hydroxylation is 1. The SMILES string of the molecule is CC(C)CCOc1ccc(NC(=O)CCc2ccccc2N)cc1. The third kappa shape index (κ3) is 5.95. The van der Waals surface area contributed by atoms with Crippen molar-refractivity contribution in [1.82, 2.24) is 0 Å². The van der Waals surface area contributed by atoms with Gasteiger partial charge in [0.25, 0.3) is 0 Å². The van der Waals surface area contributed by atoms with Crippen LogP contribution in [0.25, 0.3) is 0 Å². The zero-order chi connectivity index (χ0) is 17.4. The first-order chi connectivity index (χ1) is 11.5. The highest BCUT2D eigenvalue weighted by atomic mass is 16.5. The maximum Gasteiger partial charge on any atom is 0.224 e. The van der Waals surface area contributed by atoms with Crippen LogP contribution in [-0.4, -0.2) is 12.5 Å². The standard InChI is InChI=1S/C20H26N2O2/c1-15(2)13-14-24-18-10-8-17(9-11-18)22-20(23)12-7-16-5-3-4-6-19(16)21/h3-6,8-11,15H,7,12-14,21H2,1-2H3,(H,22,23). The van der Waals surface area contributed by atoms with Gasteiger partial charge in [-0.15, -0.1) is 0 Å². The van der Waals surface area contributed by atoms with Gasteiger partial charge in [-0.2, -0.15) is 0 Å². The van der Waals surface area contributed by atoms with E-state index in [4.69, 9.17) is 10.5 Å². The minimum Gasteiger partial charge on any atom is -0.494 e. The van der Waals surface area contributed by atoms with Gasteiger partial charge in [0.15, 0.2) is 0 Å². The molecular weight excluding hydrogens is 300 g/mol. The summed E-state index contributed by atoms with van der Waals surface area (Å²) in [5, 5.41) is 2.90. The average Bonchev–Trinajstić information content (AvgIpc) is 2.55. The van der Waals surface area contributed by atoms with Gasteiger partial charge < -0.3 is 15.8 Å². The van der Waals surface area contributed by atoms with Gasteiger partial charge in [0.05, 0.1) is 6.61 Å². The Bertz CT molecular complexity index is 651. The maximum absolute atomic E-state index is 12.0. The molecule has 0 atom stereocenters. The summed E-state index contributed by atoms with van der Waals surface area (Å²) in [6.07, 6.45) is 2.07. The van der Waals surface area contributed by atoms with E-state index in [0.29, 0.717) is 25.4 Å². The normalized spacial score (nSPS) is 10.6. The molecule has 0 fully saturated rings. The Kier molecular flexibility index (Phi) is 6.67. The molecule has 0 aliphatic heterocycles. The van der Waals surface area contributed by atoms with Gasteiger partial charge in [0.1, 0.15) is 5.75 Å². The third-order valence-electron chi connectivity index (χ3n) is 3.78. The molecule has 0 heterocycles. The maximum atomic E-state index is 12.0. The largest absolute Gasteiger partial charge is 0.494 e. The molecule has 0 radical (unpaired) electrons. The zero-order valence-electron chi connectivity index (χ0n) is 14.4. The minimum atomic E-state index is -0.0215. The number of amides is 1. The van der Waals surface area contributed by atoms with Crippen LogP contribution >= 0.6 is 0 Å². The Morgan fingerprint density at radius 1 is 1.12 bits per heavy atom. The van der Waals surface area contributed by atoms with Crippen LogP contribution in [0.4, 0.5) is 11.4 Å². The summed E-state index contributed by atoms with van der Waals surface area (Å²) in [5.41, 5.74) is 8.40. The first-order valence-electron chi connectivity index (χ1n) is 8.40. The van der Waals surface area contributed by atoms with Gasteiger partial charge in [-0.05, 0) is 54.7 Å². The van der Waals surface area contributed by atoms with Gasteiger partial charge in [-0.3, -0.25) is 4.79 Å². The molecule has 2 aromatic carbocycles. The number of hydrogen-bond acceptors (Lipinski definition) is 3. The molecule has 1 amide bonds. The van der Waals surface area contributed by atoms with E-state index in [1.165, 1.54) is 0 Å². The van der Waals surface area contributed by atoms with Crippen LogP contribution in [-0.2, 0) is 11.2 Å². The highest BCUT2D eigenvalue weighted by Gasteiger charge is 2.05. The van der Waals surface area contributed by atoms with Crippen molar-refractivity contribution in [3.05, 3.63) is 54.1 Å². The quantitative estimate of drug-likeness (QED) is 0.712. The van der Waals surface area contributed by atoms with Crippen molar-refractivity contribution < 1.29 is 9.53 Å². The molecule has 24 heavy (non-hydrogen) atoms. The van der Waals surface area contributed by atoms with Crippen molar-refractivity contribution in [2.24, 2.45) is 5.92 Å². The number of nitrogens with one attached hydrogen (secondary N) is 1. The van der Waals surface area contributed by atoms with E-state index in [-0.39, 0.29) is 5.91 Å². The Labute approximate surface area is 144 Å². The van der Waals surface area contributed by atoms with Crippen LogP contribution in [0.15, 0.2) is 48.5 Å². The number of nitrogen functional groups attached to an aromatic ring is 1. The minimum absolute atomic E-state index is 0.0215. The summed E-state index contributed by atoms with van der Waals surface area (Å²) in [5.74, 6) is 1.43. The number of carbonyl (C=O) groups excluding carboxylic acids is 1. The summed E-state index contributed by atoms with van der Waals surface area (Å²) < 4.78 is 5.67. The van der Waals surface area contributed by atoms with E-state index in [0.717, 1.165) is 29.1 Å². The molecule has 0 aliphatic rings. The van der Waals surface area contributed by atoms with Crippen molar-refractivity contribution in [1.29, 1.82) is 0 Å². The molecule has 3 N–H and O–H groups in total. The fraction of sp³-hybridized carbons (Fsp3) is 0.350. The molecular formula is C20H26N2O2. The lowest BCUT2D eigenvalue weighted by Crippen LogP contribution is -2.12. The van der Waals surface area contributed by atoms with Crippen LogP contribution in [0.1, 0.15) is 32.3 Å². The fourth-order valence-electron chi connectivity index (χ4n) is 2.28. The number of anilines is 2. The number of carbonyl (C=O) groups is 1. The van der Waals surface area contributed by atoms with Crippen molar-refractivity contribution in [2.75, 3.05) is 17.7 Å². The Hall–Kier alpha value is -2.49. The number of nitrogens with two attached hydrogens (primary N) is 1. The highest BCUT2D eigenvalue weighted by molar-refractivity contribution is 5.90. The molecule has 0 aliphatic carbocycles. The molecule has 2 rings (SSSR count). The van der Waals surface area contributed by atoms with Gasteiger partial charge in [-0.1, -0.05) is 32.0 Å². The Morgan fingerprint density at radius 3 is 2.50 bits per heavy atom. The lowest BCUT2D eigenvalue weighted by atomic mass is 10.1. The van der Waals surface area contributed by atoms with Gasteiger partial charge in [0, 0.05) is 17.8 Å². The molecule has 4 heteroatoms. The molecule has 0 unspecified atom stereocenters. The van der Waals surface area contributed by atoms with Crippen LogP contribution in [0.2, 0.25) is 0 Å². The topological polar surface area (TPSA) is 64.3 Å². The average molecular weight is 326 g/mol. The Morgan fingerprint density at radius 2 is 1.83 bits per heavy atom. The van der Waals surface area contributed by atoms with E-state index < -0.39 is 0 Å². The second kappa shape index (κ2) is 8.96. The highest BCUT2D eigenvalue weighted by Crippen LogP contribution is 2.17. The first-order valence-corrected chi connectivity index (χ1v) is 8.40. The predicted octanol–water partition coefficient (Wildman–Crippen LogP) is 4.27. The molecule has 0 saturated carbocycles. The van der Waals surface area contributed by atoms with Gasteiger partial charge in [-0.25, -0.2) is 0 Å². The monoisotopic (exact) mass is 326 g/mol. The van der Waals surface area contributed by atoms with E-state index in [2.05, 4.69) is 19.2 Å². The van der Waals surface area contributed by atoms with Crippen LogP contribution in [0.5, 0.6) is 5.75 Å². The van der Waals surface area contributed by atoms with Gasteiger partial charge in [0.2, 0.25) is 5.91 Å². The number of benzene rings is 2. The van der Waals surface area contributed by atoms with Crippen molar-refractivity contribution in [2.45, 2.75) is 33.1 Å². The predicted molar refractivity (Wildman–Crippen MR) is 99.2 cm³/mol. The van der Waals surface area contributed by atoms with Crippen molar-refractivity contribution in [3.63, 3.8) is 0 Å². The molecule has 0 saturated heterocycles. The summed E-state index contributed by atoms with van der Waals surface area (Å²) in [6, 6.07) is 15.1. The third-order valence-corrected chi connectivity index (χ3v) is 3.78. The molecule has 0 bridgehead atoms. The lowest BCUT2D eigenvalue weighted by Gasteiger charge is -2.10. The first kappa shape index (κ1) is 17.9. The van der Waals surface area contributed by atoms with Gasteiger partial charge >= 0.3 is 0 Å². The lowest BCUT2D eigenvalue weighted by molar-refractivity contribution is -0.116. The summed E-state index contributed by atoms with van der Waals surface area (Å²) in [4.78, 5) is 12.0. The number of hydrogen-bond donors (Lipinski definition) is 2.